The minimum Gasteiger partial charge on any atom is -0.510 e. The molecule has 0 spiro atoms. The van der Waals surface area contributed by atoms with Gasteiger partial charge in [0.05, 0.1) is 34.2 Å². The molecule has 0 aliphatic heterocycles. The quantitative estimate of drug-likeness (QED) is 0.163. The third-order valence-corrected chi connectivity index (χ3v) is 9.90. The van der Waals surface area contributed by atoms with Crippen molar-refractivity contribution in [3.05, 3.63) is 82.5 Å². The van der Waals surface area contributed by atoms with E-state index in [0.717, 1.165) is 10.4 Å². The molecular formula is C31H30N4O8S. The van der Waals surface area contributed by atoms with Gasteiger partial charge < -0.3 is 36.6 Å². The lowest BCUT2D eigenvalue weighted by Crippen LogP contribution is -2.68. The Balaban J connectivity index is 1.46. The van der Waals surface area contributed by atoms with E-state index in [2.05, 4.69) is 10.3 Å². The van der Waals surface area contributed by atoms with Crippen molar-refractivity contribution in [3.8, 4) is 16.2 Å². The molecule has 228 valence electrons. The van der Waals surface area contributed by atoms with Crippen molar-refractivity contribution >= 4 is 39.6 Å². The molecule has 13 heteroatoms. The minimum atomic E-state index is -2.97. The number of anilines is 2. The van der Waals surface area contributed by atoms with E-state index in [4.69, 9.17) is 5.73 Å². The molecule has 0 bridgehead atoms. The van der Waals surface area contributed by atoms with Crippen molar-refractivity contribution in [1.29, 1.82) is 0 Å². The molecule has 1 aromatic heterocycles. The molecule has 3 aromatic rings. The van der Waals surface area contributed by atoms with Crippen molar-refractivity contribution < 1.29 is 39.9 Å². The number of amides is 1. The molecule has 0 saturated carbocycles. The van der Waals surface area contributed by atoms with Gasteiger partial charge in [-0.2, -0.15) is 0 Å². The summed E-state index contributed by atoms with van der Waals surface area (Å²) in [6.07, 6.45) is 0.0194. The monoisotopic (exact) mass is 618 g/mol. The molecule has 3 aliphatic rings. The summed E-state index contributed by atoms with van der Waals surface area (Å²) in [7, 11) is 2.97. The summed E-state index contributed by atoms with van der Waals surface area (Å²) in [6, 6.07) is 11.4. The van der Waals surface area contributed by atoms with E-state index in [0.29, 0.717) is 10.7 Å². The van der Waals surface area contributed by atoms with Gasteiger partial charge >= 0.3 is 0 Å². The molecule has 6 rings (SSSR count). The number of ketones is 2. The summed E-state index contributed by atoms with van der Waals surface area (Å²) in [5, 5.41) is 60.8. The summed E-state index contributed by atoms with van der Waals surface area (Å²) in [5.74, 6) is -9.36. The van der Waals surface area contributed by atoms with Crippen LogP contribution in [0, 0.1) is 11.8 Å². The summed E-state index contributed by atoms with van der Waals surface area (Å²) >= 11 is 1.33. The summed E-state index contributed by atoms with van der Waals surface area (Å²) < 4.78 is 0. The number of Topliss-reactive ketones (excluding diaryl/α,β-unsaturated/α-hetero) is 2. The topological polar surface area (TPSA) is 207 Å². The Morgan fingerprint density at radius 1 is 1.09 bits per heavy atom. The smallest absolute Gasteiger partial charge is 0.255 e. The first-order chi connectivity index (χ1) is 20.8. The zero-order valence-electron chi connectivity index (χ0n) is 23.8. The van der Waals surface area contributed by atoms with Crippen LogP contribution in [0.3, 0.4) is 0 Å². The van der Waals surface area contributed by atoms with Crippen molar-refractivity contribution in [2.45, 2.75) is 30.6 Å². The Morgan fingerprint density at radius 2 is 1.77 bits per heavy atom. The number of fused-ring (bicyclic) bond motifs is 3. The number of rotatable bonds is 5. The number of phenolic OH excluding ortho intramolecular Hbond substituents is 1. The largest absolute Gasteiger partial charge is 0.510 e. The van der Waals surface area contributed by atoms with Crippen LogP contribution in [-0.2, 0) is 9.59 Å². The lowest BCUT2D eigenvalue weighted by atomic mass is 9.55. The fourth-order valence-electron chi connectivity index (χ4n) is 6.91. The standard InChI is InChI=1S/C31H30N4O8S/c1-12-14-9-10-15(34-30-33-11-16(44-30)13-7-5-4-6-8-13)23(36)18(14)24(37)19-17(12)25(38)21-22(35(2)3)26(39)20(29(32)42)28(41)31(21,43)27(19)40/h4-12,17,21-22,25,36,38-40,43H,1-3H3,(H2,32,42)(H,33,34)/t12-,17+,21+,22-,25-,31-/m0/s1. The summed E-state index contributed by atoms with van der Waals surface area (Å²) in [5.41, 5.74) is 2.28. The number of phenols is 1. The maximum Gasteiger partial charge on any atom is 0.255 e. The van der Waals surface area contributed by atoms with Crippen LogP contribution < -0.4 is 11.1 Å². The van der Waals surface area contributed by atoms with Gasteiger partial charge in [0, 0.05) is 17.7 Å². The number of nitrogens with two attached hydrogens (primary N) is 1. The van der Waals surface area contributed by atoms with Crippen LogP contribution >= 0.6 is 11.3 Å². The number of hydrogen-bond donors (Lipinski definition) is 7. The number of aromatic hydroxyl groups is 1. The predicted octanol–water partition coefficient (Wildman–Crippen LogP) is 2.52. The van der Waals surface area contributed by atoms with Crippen LogP contribution in [0.25, 0.3) is 10.4 Å². The molecule has 44 heavy (non-hydrogen) atoms. The van der Waals surface area contributed by atoms with E-state index in [1.165, 1.54) is 30.3 Å². The maximum absolute atomic E-state index is 14.1. The van der Waals surface area contributed by atoms with E-state index in [1.54, 1.807) is 25.3 Å². The number of nitrogens with zero attached hydrogens (tertiary/aromatic N) is 2. The first-order valence-electron chi connectivity index (χ1n) is 13.8. The fraction of sp³-hybridized carbons (Fsp3) is 0.290. The summed E-state index contributed by atoms with van der Waals surface area (Å²) in [4.78, 5) is 46.4. The molecule has 6 atom stereocenters. The van der Waals surface area contributed by atoms with Crippen molar-refractivity contribution in [1.82, 2.24) is 9.88 Å². The van der Waals surface area contributed by atoms with Crippen LogP contribution in [-0.4, -0.2) is 84.7 Å². The van der Waals surface area contributed by atoms with Gasteiger partial charge in [-0.3, -0.25) is 19.3 Å². The van der Waals surface area contributed by atoms with E-state index in [9.17, 15) is 39.9 Å². The number of aliphatic hydroxyl groups is 4. The second kappa shape index (κ2) is 10.3. The number of primary amides is 1. The minimum absolute atomic E-state index is 0.148. The molecule has 0 fully saturated rings. The molecule has 0 unspecified atom stereocenters. The first kappa shape index (κ1) is 29.5. The lowest BCUT2D eigenvalue weighted by molar-refractivity contribution is -0.162. The van der Waals surface area contributed by atoms with Crippen molar-refractivity contribution in [3.63, 3.8) is 0 Å². The molecule has 8 N–H and O–H groups in total. The number of carbonyl (C=O) groups is 3. The number of thiazole rings is 1. The van der Waals surface area contributed by atoms with E-state index < -0.39 is 81.4 Å². The highest BCUT2D eigenvalue weighted by Gasteiger charge is 2.67. The first-order valence-corrected chi connectivity index (χ1v) is 14.6. The Morgan fingerprint density at radius 3 is 2.41 bits per heavy atom. The van der Waals surface area contributed by atoms with Gasteiger partial charge in [-0.25, -0.2) is 4.98 Å². The second-order valence-electron chi connectivity index (χ2n) is 11.5. The van der Waals surface area contributed by atoms with Crippen LogP contribution in [0.15, 0.2) is 71.3 Å². The summed E-state index contributed by atoms with van der Waals surface area (Å²) in [6.45, 7) is 1.68. The Bertz CT molecular complexity index is 1800. The van der Waals surface area contributed by atoms with Crippen LogP contribution in [0.1, 0.15) is 28.8 Å². The molecule has 2 aromatic carbocycles. The van der Waals surface area contributed by atoms with Gasteiger partial charge in [-0.1, -0.05) is 54.7 Å². The van der Waals surface area contributed by atoms with Gasteiger partial charge in [0.2, 0.25) is 5.78 Å². The van der Waals surface area contributed by atoms with Crippen LogP contribution in [0.5, 0.6) is 5.75 Å². The molecular weight excluding hydrogens is 588 g/mol. The second-order valence-corrected chi connectivity index (χ2v) is 12.5. The zero-order chi connectivity index (χ0) is 31.8. The van der Waals surface area contributed by atoms with E-state index in [1.807, 2.05) is 30.3 Å². The Labute approximate surface area is 255 Å². The van der Waals surface area contributed by atoms with Crippen molar-refractivity contribution in [2.75, 3.05) is 19.4 Å². The van der Waals surface area contributed by atoms with Gasteiger partial charge in [0.1, 0.15) is 17.1 Å². The van der Waals surface area contributed by atoms with Crippen LogP contribution in [0.4, 0.5) is 10.8 Å². The predicted molar refractivity (Wildman–Crippen MR) is 161 cm³/mol. The molecule has 3 aliphatic carbocycles. The van der Waals surface area contributed by atoms with Crippen LogP contribution in [0.2, 0.25) is 0 Å². The molecule has 1 amide bonds. The maximum atomic E-state index is 14.1. The van der Waals surface area contributed by atoms with Gasteiger partial charge in [0.15, 0.2) is 22.3 Å². The zero-order valence-corrected chi connectivity index (χ0v) is 24.7. The molecule has 0 radical (unpaired) electrons. The molecule has 12 nitrogen and oxygen atoms in total. The lowest BCUT2D eigenvalue weighted by Gasteiger charge is -2.53. The van der Waals surface area contributed by atoms with E-state index >= 15 is 0 Å². The Kier molecular flexibility index (Phi) is 6.89. The molecule has 0 saturated heterocycles. The number of benzene rings is 2. The van der Waals surface area contributed by atoms with Gasteiger partial charge in [0.25, 0.3) is 5.91 Å². The average Bonchev–Trinajstić information content (AvgIpc) is 3.45. The third kappa shape index (κ3) is 4.00. The highest BCUT2D eigenvalue weighted by molar-refractivity contribution is 7.19. The number of hydrogen-bond acceptors (Lipinski definition) is 12. The molecule has 1 heterocycles. The normalized spacial score (nSPS) is 28.1. The highest BCUT2D eigenvalue weighted by Crippen LogP contribution is 2.56. The fourth-order valence-corrected chi connectivity index (χ4v) is 7.74. The SMILES string of the molecule is C[C@H]1c2ccc(Nc3ncc(-c4ccccc4)s3)c(O)c2C(=O)C2=C(O)[C@]3(O)C(=O)C(C(N)=O)=C(O)[C@@H](N(C)C)[C@@H]3[C@@H](O)[C@@H]21. The number of carbonyl (C=O) groups excluding carboxylic acids is 3. The highest BCUT2D eigenvalue weighted by atomic mass is 32.1. The van der Waals surface area contributed by atoms with Gasteiger partial charge in [-0.15, -0.1) is 0 Å². The average molecular weight is 619 g/mol. The number of nitrogens with one attached hydrogen (secondary N) is 1. The van der Waals surface area contributed by atoms with Gasteiger partial charge in [-0.05, 0) is 37.2 Å². The number of likely N-dealkylation sites (N-methyl/N-ethyl adjacent to an activating group) is 1. The number of aromatic nitrogens is 1. The Hall–Kier alpha value is -4.56. The van der Waals surface area contributed by atoms with E-state index in [-0.39, 0.29) is 11.3 Å². The number of aliphatic hydroxyl groups excluding tert-OH is 3. The van der Waals surface area contributed by atoms with Crippen molar-refractivity contribution in [2.24, 2.45) is 17.6 Å². The third-order valence-electron chi connectivity index (χ3n) is 8.94.